The Kier molecular flexibility index (Phi) is 9.54. The van der Waals surface area contributed by atoms with Crippen LogP contribution in [0.3, 0.4) is 0 Å². The van der Waals surface area contributed by atoms with Gasteiger partial charge in [0.25, 0.3) is 0 Å². The van der Waals surface area contributed by atoms with Gasteiger partial charge in [-0.1, -0.05) is 107 Å². The maximum absolute atomic E-state index is 12.5. The maximum atomic E-state index is 12.5. The zero-order valence-electron chi connectivity index (χ0n) is 23.9. The van der Waals surface area contributed by atoms with E-state index in [-0.39, 0.29) is 12.1 Å². The first-order valence-electron chi connectivity index (χ1n) is 15.1. The molecule has 0 amide bonds. The SMILES string of the molecule is C=C1CC[C@H](OC(=O)Cc2ccccc2)C/C1=C/C=C1\CCC[C@]2(C)[C@@H]([C@H](C)CCCC(C)C)CC[C@@H]12. The molecule has 5 atom stereocenters. The lowest BCUT2D eigenvalue weighted by molar-refractivity contribution is -0.148. The summed E-state index contributed by atoms with van der Waals surface area (Å²) in [4.78, 5) is 12.5. The van der Waals surface area contributed by atoms with Crippen LogP contribution in [0.5, 0.6) is 0 Å². The molecule has 0 N–H and O–H groups in total. The zero-order valence-corrected chi connectivity index (χ0v) is 23.9. The average Bonchev–Trinajstić information content (AvgIpc) is 3.22. The molecule has 0 unspecified atom stereocenters. The number of hydrogen-bond acceptors (Lipinski definition) is 2. The molecule has 0 radical (unpaired) electrons. The van der Waals surface area contributed by atoms with Gasteiger partial charge < -0.3 is 4.74 Å². The number of hydrogen-bond donors (Lipinski definition) is 0. The molecule has 0 heterocycles. The van der Waals surface area contributed by atoms with E-state index in [0.717, 1.165) is 48.5 Å². The first-order chi connectivity index (χ1) is 17.8. The van der Waals surface area contributed by atoms with Crippen molar-refractivity contribution in [3.8, 4) is 0 Å². The third kappa shape index (κ3) is 7.06. The molecule has 0 saturated heterocycles. The molecule has 1 aromatic carbocycles. The molecule has 3 fully saturated rings. The minimum atomic E-state index is -0.121. The topological polar surface area (TPSA) is 26.3 Å². The van der Waals surface area contributed by atoms with E-state index in [9.17, 15) is 4.79 Å². The molecule has 0 aliphatic heterocycles. The number of carbonyl (C=O) groups is 1. The lowest BCUT2D eigenvalue weighted by Gasteiger charge is -2.44. The molecule has 0 bridgehead atoms. The highest BCUT2D eigenvalue weighted by atomic mass is 16.5. The van der Waals surface area contributed by atoms with Crippen molar-refractivity contribution in [2.24, 2.45) is 29.1 Å². The molecule has 2 nitrogen and oxygen atoms in total. The van der Waals surface area contributed by atoms with Gasteiger partial charge in [0.1, 0.15) is 6.10 Å². The minimum absolute atomic E-state index is 0.0365. The van der Waals surface area contributed by atoms with E-state index < -0.39 is 0 Å². The van der Waals surface area contributed by atoms with Gasteiger partial charge in [-0.2, -0.15) is 0 Å². The van der Waals surface area contributed by atoms with Crippen LogP contribution in [0.4, 0.5) is 0 Å². The van der Waals surface area contributed by atoms with E-state index in [1.54, 1.807) is 5.57 Å². The predicted octanol–water partition coefficient (Wildman–Crippen LogP) is 9.41. The summed E-state index contributed by atoms with van der Waals surface area (Å²) >= 11 is 0. The summed E-state index contributed by atoms with van der Waals surface area (Å²) in [5.41, 5.74) is 5.62. The molecule has 3 aliphatic carbocycles. The Morgan fingerprint density at radius 2 is 1.86 bits per heavy atom. The van der Waals surface area contributed by atoms with Crippen molar-refractivity contribution in [2.45, 2.75) is 111 Å². The van der Waals surface area contributed by atoms with Crippen molar-refractivity contribution in [3.63, 3.8) is 0 Å². The van der Waals surface area contributed by atoms with Crippen LogP contribution in [0.15, 0.2) is 65.8 Å². The highest BCUT2D eigenvalue weighted by Crippen LogP contribution is 2.60. The van der Waals surface area contributed by atoms with Crippen molar-refractivity contribution in [1.29, 1.82) is 0 Å². The highest BCUT2D eigenvalue weighted by Gasteiger charge is 2.50. The molecular weight excluding hydrogens is 452 g/mol. The van der Waals surface area contributed by atoms with Crippen LogP contribution in [0.2, 0.25) is 0 Å². The molecular formula is C35H50O2. The van der Waals surface area contributed by atoms with E-state index >= 15 is 0 Å². The van der Waals surface area contributed by atoms with Crippen molar-refractivity contribution in [3.05, 3.63) is 71.3 Å². The second kappa shape index (κ2) is 12.6. The van der Waals surface area contributed by atoms with Crippen LogP contribution in [-0.2, 0) is 16.0 Å². The van der Waals surface area contributed by atoms with Crippen molar-refractivity contribution in [1.82, 2.24) is 0 Å². The Hall–Kier alpha value is -2.09. The van der Waals surface area contributed by atoms with Crippen LogP contribution in [0, 0.1) is 29.1 Å². The second-order valence-electron chi connectivity index (χ2n) is 13.0. The quantitative estimate of drug-likeness (QED) is 0.314. The number of carbonyl (C=O) groups excluding carboxylic acids is 1. The summed E-state index contributed by atoms with van der Waals surface area (Å²) in [7, 11) is 0. The van der Waals surface area contributed by atoms with Gasteiger partial charge in [0.15, 0.2) is 0 Å². The smallest absolute Gasteiger partial charge is 0.310 e. The predicted molar refractivity (Wildman–Crippen MR) is 155 cm³/mol. The first-order valence-corrected chi connectivity index (χ1v) is 15.1. The van der Waals surface area contributed by atoms with Crippen LogP contribution in [0.25, 0.3) is 0 Å². The van der Waals surface area contributed by atoms with E-state index in [2.05, 4.69) is 46.4 Å². The standard InChI is InChI=1S/C35H50O2/c1-25(2)11-9-12-27(4)32-20-21-33-29(15-10-22-35(32,33)5)17-18-30-24-31(19-16-26(30)3)37-34(36)23-28-13-7-6-8-14-28/h6-8,13-14,17-18,25,27,31-33H,3,9-12,15-16,19-24H2,1-2,4-5H3/b29-17+,30-18-/t27-,31+,32-,33+,35-/m1/s1. The van der Waals surface area contributed by atoms with Crippen LogP contribution in [0.1, 0.15) is 104 Å². The Morgan fingerprint density at radius 3 is 2.62 bits per heavy atom. The van der Waals surface area contributed by atoms with E-state index in [1.165, 1.54) is 62.5 Å². The molecule has 1 aromatic rings. The monoisotopic (exact) mass is 502 g/mol. The Balaban J connectivity index is 1.38. The van der Waals surface area contributed by atoms with Crippen molar-refractivity contribution < 1.29 is 9.53 Å². The first kappa shape index (κ1) is 27.9. The summed E-state index contributed by atoms with van der Waals surface area (Å²) in [6, 6.07) is 9.89. The maximum Gasteiger partial charge on any atom is 0.310 e. The number of fused-ring (bicyclic) bond motifs is 1. The highest BCUT2D eigenvalue weighted by molar-refractivity contribution is 5.72. The fourth-order valence-corrected chi connectivity index (χ4v) is 7.74. The van der Waals surface area contributed by atoms with Crippen LogP contribution in [-0.4, -0.2) is 12.1 Å². The largest absolute Gasteiger partial charge is 0.462 e. The molecule has 4 rings (SSSR count). The van der Waals surface area contributed by atoms with Gasteiger partial charge in [-0.25, -0.2) is 0 Å². The minimum Gasteiger partial charge on any atom is -0.462 e. The molecule has 3 aliphatic rings. The summed E-state index contributed by atoms with van der Waals surface area (Å²) in [5, 5.41) is 0. The van der Waals surface area contributed by atoms with Crippen LogP contribution >= 0.6 is 0 Å². The fourth-order valence-electron chi connectivity index (χ4n) is 7.74. The average molecular weight is 503 g/mol. The summed E-state index contributed by atoms with van der Waals surface area (Å²) in [6.07, 6.45) is 18.5. The van der Waals surface area contributed by atoms with Crippen molar-refractivity contribution in [2.75, 3.05) is 0 Å². The molecule has 202 valence electrons. The van der Waals surface area contributed by atoms with E-state index in [0.29, 0.717) is 11.8 Å². The number of allylic oxidation sites excluding steroid dienone is 4. The number of ether oxygens (including phenoxy) is 1. The molecule has 3 saturated carbocycles. The number of rotatable bonds is 9. The second-order valence-corrected chi connectivity index (χ2v) is 13.0. The Labute approximate surface area is 226 Å². The van der Waals surface area contributed by atoms with Gasteiger partial charge in [-0.3, -0.25) is 4.79 Å². The third-order valence-electron chi connectivity index (χ3n) is 9.82. The lowest BCUT2D eigenvalue weighted by Crippen LogP contribution is -2.36. The number of benzene rings is 1. The van der Waals surface area contributed by atoms with Crippen molar-refractivity contribution >= 4 is 5.97 Å². The summed E-state index contributed by atoms with van der Waals surface area (Å²) in [5.74, 6) is 3.11. The van der Waals surface area contributed by atoms with E-state index in [1.807, 2.05) is 30.3 Å². The summed E-state index contributed by atoms with van der Waals surface area (Å²) < 4.78 is 5.90. The van der Waals surface area contributed by atoms with Gasteiger partial charge in [0, 0.05) is 6.42 Å². The van der Waals surface area contributed by atoms with Gasteiger partial charge in [0.2, 0.25) is 0 Å². The Bertz CT molecular complexity index is 984. The molecule has 0 aromatic heterocycles. The normalized spacial score (nSPS) is 31.1. The molecule has 2 heteroatoms. The zero-order chi connectivity index (χ0) is 26.4. The van der Waals surface area contributed by atoms with Crippen LogP contribution < -0.4 is 0 Å². The number of esters is 1. The van der Waals surface area contributed by atoms with Gasteiger partial charge in [-0.15, -0.1) is 0 Å². The Morgan fingerprint density at radius 1 is 1.08 bits per heavy atom. The van der Waals surface area contributed by atoms with Gasteiger partial charge in [-0.05, 0) is 85.2 Å². The fraction of sp³-hybridized carbons (Fsp3) is 0.629. The van der Waals surface area contributed by atoms with Gasteiger partial charge in [0.05, 0.1) is 6.42 Å². The lowest BCUT2D eigenvalue weighted by atomic mass is 9.60. The molecule has 37 heavy (non-hydrogen) atoms. The van der Waals surface area contributed by atoms with E-state index in [4.69, 9.17) is 4.74 Å². The third-order valence-corrected chi connectivity index (χ3v) is 9.82. The van der Waals surface area contributed by atoms with Gasteiger partial charge >= 0.3 is 5.97 Å². The molecule has 0 spiro atoms. The summed E-state index contributed by atoms with van der Waals surface area (Å²) in [6.45, 7) is 14.2.